The van der Waals surface area contributed by atoms with E-state index in [0.29, 0.717) is 27.4 Å². The van der Waals surface area contributed by atoms with Gasteiger partial charge in [0.25, 0.3) is 0 Å². The minimum absolute atomic E-state index is 0.245. The highest BCUT2D eigenvalue weighted by molar-refractivity contribution is 9.10. The number of benzene rings is 3. The number of rotatable bonds is 6. The molecular weight excluding hydrogens is 475 g/mol. The average Bonchev–Trinajstić information content (AvgIpc) is 2.63. The van der Waals surface area contributed by atoms with Gasteiger partial charge in [-0.05, 0) is 69.5 Å². The van der Waals surface area contributed by atoms with Gasteiger partial charge in [0.1, 0.15) is 12.4 Å². The van der Waals surface area contributed by atoms with Crippen molar-refractivity contribution in [3.63, 3.8) is 0 Å². The monoisotopic (exact) mass is 487 g/mol. The van der Waals surface area contributed by atoms with Gasteiger partial charge >= 0.3 is 0 Å². The van der Waals surface area contributed by atoms with Crippen molar-refractivity contribution in [1.29, 1.82) is 0 Å². The zero-order chi connectivity index (χ0) is 19.4. The van der Waals surface area contributed by atoms with Crippen molar-refractivity contribution < 1.29 is 9.13 Å². The fourth-order valence-corrected chi connectivity index (χ4v) is 3.47. The lowest BCUT2D eigenvalue weighted by Crippen LogP contribution is -2.01. The molecular formula is C20H14BrCl3FNO. The zero-order valence-corrected chi connectivity index (χ0v) is 17.8. The molecule has 3 aromatic carbocycles. The van der Waals surface area contributed by atoms with E-state index < -0.39 is 0 Å². The number of hydrogen-bond donors (Lipinski definition) is 1. The summed E-state index contributed by atoms with van der Waals surface area (Å²) in [6.45, 7) is 0.768. The first-order valence-electron chi connectivity index (χ1n) is 7.96. The molecule has 0 aliphatic rings. The van der Waals surface area contributed by atoms with E-state index in [2.05, 4.69) is 21.2 Å². The molecule has 0 saturated carbocycles. The maximum Gasteiger partial charge on any atom is 0.156 e. The minimum Gasteiger partial charge on any atom is -0.486 e. The number of halogens is 5. The van der Waals surface area contributed by atoms with Crippen molar-refractivity contribution in [2.45, 2.75) is 13.2 Å². The summed E-state index contributed by atoms with van der Waals surface area (Å²) < 4.78 is 19.5. The van der Waals surface area contributed by atoms with Crippen LogP contribution in [0.5, 0.6) is 5.75 Å². The molecule has 3 rings (SSSR count). The molecule has 0 spiro atoms. The summed E-state index contributed by atoms with van der Waals surface area (Å²) in [5.74, 6) is 0.108. The van der Waals surface area contributed by atoms with Gasteiger partial charge in [-0.2, -0.15) is 0 Å². The maximum atomic E-state index is 13.0. The van der Waals surface area contributed by atoms with Crippen LogP contribution < -0.4 is 10.1 Å². The summed E-state index contributed by atoms with van der Waals surface area (Å²) in [7, 11) is 0. The molecule has 2 nitrogen and oxygen atoms in total. The number of ether oxygens (including phenoxy) is 1. The largest absolute Gasteiger partial charge is 0.486 e. The second kappa shape index (κ2) is 9.16. The molecule has 0 bridgehead atoms. The van der Waals surface area contributed by atoms with E-state index in [1.54, 1.807) is 24.3 Å². The Hall–Kier alpha value is -1.46. The topological polar surface area (TPSA) is 21.3 Å². The fourth-order valence-electron chi connectivity index (χ4n) is 2.40. The van der Waals surface area contributed by atoms with Crippen LogP contribution in [0.4, 0.5) is 10.1 Å². The number of hydrogen-bond acceptors (Lipinski definition) is 2. The van der Waals surface area contributed by atoms with E-state index in [-0.39, 0.29) is 12.4 Å². The Morgan fingerprint density at radius 3 is 2.15 bits per heavy atom. The molecule has 0 atom stereocenters. The van der Waals surface area contributed by atoms with Crippen LogP contribution in [0, 0.1) is 5.82 Å². The normalized spacial score (nSPS) is 10.7. The predicted octanol–water partition coefficient (Wildman–Crippen LogP) is 7.74. The van der Waals surface area contributed by atoms with Crippen LogP contribution in [-0.4, -0.2) is 0 Å². The Kier molecular flexibility index (Phi) is 6.88. The minimum atomic E-state index is -0.293. The summed E-state index contributed by atoms with van der Waals surface area (Å²) in [6, 6.07) is 15.3. The molecule has 0 amide bonds. The smallest absolute Gasteiger partial charge is 0.156 e. The Balaban J connectivity index is 1.66. The standard InChI is InChI=1S/C20H14BrCl3FNO/c21-16-6-5-15(9-17(16)22)26-10-13-7-18(23)20(19(24)8-13)27-11-12-1-3-14(25)4-2-12/h1-9,26H,10-11H2. The summed E-state index contributed by atoms with van der Waals surface area (Å²) in [5, 5.41) is 4.72. The van der Waals surface area contributed by atoms with E-state index in [1.165, 1.54) is 12.1 Å². The third kappa shape index (κ3) is 5.52. The highest BCUT2D eigenvalue weighted by Crippen LogP contribution is 2.35. The molecule has 0 saturated heterocycles. The van der Waals surface area contributed by atoms with Gasteiger partial charge in [-0.15, -0.1) is 0 Å². The molecule has 3 aromatic rings. The first-order valence-corrected chi connectivity index (χ1v) is 9.89. The lowest BCUT2D eigenvalue weighted by Gasteiger charge is -2.13. The third-order valence-corrected chi connectivity index (χ3v) is 5.56. The van der Waals surface area contributed by atoms with E-state index in [9.17, 15) is 4.39 Å². The average molecular weight is 490 g/mol. The van der Waals surface area contributed by atoms with Gasteiger partial charge in [0.2, 0.25) is 0 Å². The molecule has 0 fully saturated rings. The maximum absolute atomic E-state index is 13.0. The van der Waals surface area contributed by atoms with Crippen LogP contribution >= 0.6 is 50.7 Å². The Labute approximate surface area is 180 Å². The molecule has 7 heteroatoms. The van der Waals surface area contributed by atoms with Crippen molar-refractivity contribution in [2.75, 3.05) is 5.32 Å². The highest BCUT2D eigenvalue weighted by Gasteiger charge is 2.11. The first-order chi connectivity index (χ1) is 12.9. The molecule has 0 heterocycles. The summed E-state index contributed by atoms with van der Waals surface area (Å²) in [6.07, 6.45) is 0. The summed E-state index contributed by atoms with van der Waals surface area (Å²) >= 11 is 22.1. The number of anilines is 1. The van der Waals surface area contributed by atoms with Gasteiger partial charge in [-0.1, -0.05) is 46.9 Å². The van der Waals surface area contributed by atoms with Crippen LogP contribution in [-0.2, 0) is 13.2 Å². The molecule has 1 N–H and O–H groups in total. The van der Waals surface area contributed by atoms with Crippen molar-refractivity contribution >= 4 is 56.4 Å². The van der Waals surface area contributed by atoms with Crippen LogP contribution in [0.1, 0.15) is 11.1 Å². The van der Waals surface area contributed by atoms with Gasteiger partial charge < -0.3 is 10.1 Å². The van der Waals surface area contributed by atoms with E-state index in [4.69, 9.17) is 39.5 Å². The molecule has 0 aliphatic heterocycles. The van der Waals surface area contributed by atoms with Crippen LogP contribution in [0.2, 0.25) is 15.1 Å². The Morgan fingerprint density at radius 2 is 1.52 bits per heavy atom. The molecule has 27 heavy (non-hydrogen) atoms. The van der Waals surface area contributed by atoms with Crippen LogP contribution in [0.25, 0.3) is 0 Å². The summed E-state index contributed by atoms with van der Waals surface area (Å²) in [4.78, 5) is 0. The second-order valence-electron chi connectivity index (χ2n) is 5.79. The molecule has 0 unspecified atom stereocenters. The second-order valence-corrected chi connectivity index (χ2v) is 7.86. The highest BCUT2D eigenvalue weighted by atomic mass is 79.9. The molecule has 0 aromatic heterocycles. The van der Waals surface area contributed by atoms with Crippen LogP contribution in [0.15, 0.2) is 59.1 Å². The number of nitrogens with one attached hydrogen (secondary N) is 1. The SMILES string of the molecule is Fc1ccc(COc2c(Cl)cc(CNc3ccc(Br)c(Cl)c3)cc2Cl)cc1. The van der Waals surface area contributed by atoms with Crippen molar-refractivity contribution in [1.82, 2.24) is 0 Å². The Morgan fingerprint density at radius 1 is 0.852 bits per heavy atom. The lowest BCUT2D eigenvalue weighted by molar-refractivity contribution is 0.306. The molecule has 0 aliphatic carbocycles. The van der Waals surface area contributed by atoms with Crippen molar-refractivity contribution in [3.05, 3.63) is 91.1 Å². The van der Waals surface area contributed by atoms with Crippen molar-refractivity contribution in [3.8, 4) is 5.75 Å². The van der Waals surface area contributed by atoms with E-state index in [0.717, 1.165) is 21.3 Å². The zero-order valence-electron chi connectivity index (χ0n) is 13.9. The van der Waals surface area contributed by atoms with Gasteiger partial charge in [0.15, 0.2) is 5.75 Å². The van der Waals surface area contributed by atoms with Gasteiger partial charge in [-0.25, -0.2) is 4.39 Å². The molecule has 0 radical (unpaired) electrons. The van der Waals surface area contributed by atoms with E-state index >= 15 is 0 Å². The predicted molar refractivity (Wildman–Crippen MR) is 114 cm³/mol. The fraction of sp³-hybridized carbons (Fsp3) is 0.100. The lowest BCUT2D eigenvalue weighted by atomic mass is 10.2. The third-order valence-electron chi connectivity index (χ3n) is 3.77. The summed E-state index contributed by atoms with van der Waals surface area (Å²) in [5.41, 5.74) is 2.60. The van der Waals surface area contributed by atoms with Crippen molar-refractivity contribution in [2.24, 2.45) is 0 Å². The van der Waals surface area contributed by atoms with Crippen LogP contribution in [0.3, 0.4) is 0 Å². The van der Waals surface area contributed by atoms with Gasteiger partial charge in [-0.3, -0.25) is 0 Å². The van der Waals surface area contributed by atoms with E-state index in [1.807, 2.05) is 18.2 Å². The van der Waals surface area contributed by atoms with Gasteiger partial charge in [0, 0.05) is 16.7 Å². The first kappa shape index (κ1) is 20.3. The quantitative estimate of drug-likeness (QED) is 0.382. The molecule has 140 valence electrons. The Bertz CT molecular complexity index is 927. The van der Waals surface area contributed by atoms with Gasteiger partial charge in [0.05, 0.1) is 15.1 Å².